The molecule has 26 heavy (non-hydrogen) atoms. The molecule has 0 atom stereocenters. The summed E-state index contributed by atoms with van der Waals surface area (Å²) >= 11 is 0. The first-order valence-electron chi connectivity index (χ1n) is 10.3. The van der Waals surface area contributed by atoms with Gasteiger partial charge in [0.15, 0.2) is 0 Å². The van der Waals surface area contributed by atoms with Crippen molar-refractivity contribution in [1.82, 2.24) is 0 Å². The highest BCUT2D eigenvalue weighted by Gasteiger charge is 2.11. The maximum atomic E-state index is 2.51. The van der Waals surface area contributed by atoms with Crippen LogP contribution in [0.3, 0.4) is 0 Å². The lowest BCUT2D eigenvalue weighted by Crippen LogP contribution is -2.29. The Hall–Kier alpha value is -2.22. The molecule has 2 aliphatic heterocycles. The number of nitrogens with zero attached hydrogens (tertiary/aromatic N) is 2. The average Bonchev–Trinajstić information content (AvgIpc) is 2.74. The maximum absolute atomic E-state index is 2.51. The van der Waals surface area contributed by atoms with Gasteiger partial charge in [-0.3, -0.25) is 0 Å². The van der Waals surface area contributed by atoms with Gasteiger partial charge in [0.2, 0.25) is 0 Å². The van der Waals surface area contributed by atoms with Crippen molar-refractivity contribution in [3.63, 3.8) is 0 Å². The molecule has 2 nitrogen and oxygen atoms in total. The summed E-state index contributed by atoms with van der Waals surface area (Å²) < 4.78 is 0. The summed E-state index contributed by atoms with van der Waals surface area (Å²) in [4.78, 5) is 5.02. The van der Waals surface area contributed by atoms with Crippen molar-refractivity contribution in [1.29, 1.82) is 0 Å². The van der Waals surface area contributed by atoms with Gasteiger partial charge in [-0.2, -0.15) is 0 Å². The van der Waals surface area contributed by atoms with Gasteiger partial charge in [-0.15, -0.1) is 0 Å². The van der Waals surface area contributed by atoms with E-state index in [1.807, 2.05) is 0 Å². The van der Waals surface area contributed by atoms with E-state index in [1.54, 1.807) is 0 Å². The first-order chi connectivity index (χ1) is 12.9. The Morgan fingerprint density at radius 1 is 0.462 bits per heavy atom. The van der Waals surface area contributed by atoms with E-state index in [0.29, 0.717) is 0 Å². The van der Waals surface area contributed by atoms with Crippen molar-refractivity contribution in [2.75, 3.05) is 36.0 Å². The summed E-state index contributed by atoms with van der Waals surface area (Å²) in [7, 11) is 0. The van der Waals surface area contributed by atoms with Gasteiger partial charge in [0.05, 0.1) is 0 Å². The van der Waals surface area contributed by atoms with Crippen molar-refractivity contribution in [2.45, 2.75) is 38.5 Å². The minimum absolute atomic E-state index is 1.21. The Bertz CT molecular complexity index is 639. The zero-order valence-electron chi connectivity index (χ0n) is 15.7. The number of piperidine rings is 2. The molecule has 4 rings (SSSR count). The van der Waals surface area contributed by atoms with Gasteiger partial charge in [0.25, 0.3) is 0 Å². The SMILES string of the molecule is C(=C\c1ccc(N2CCCCC2)cc1)/c1ccc(N2CCCCC2)cc1. The standard InChI is InChI=1S/C24H30N2/c1-3-17-25(18-4-1)23-13-9-21(10-14-23)7-8-22-11-15-24(16-12-22)26-19-5-2-6-20-26/h7-16H,1-6,17-20H2/b8-7+. The van der Waals surface area contributed by atoms with E-state index in [2.05, 4.69) is 70.5 Å². The second-order valence-electron chi connectivity index (χ2n) is 7.61. The molecule has 2 aromatic rings. The molecule has 0 aromatic heterocycles. The van der Waals surface area contributed by atoms with E-state index < -0.39 is 0 Å². The van der Waals surface area contributed by atoms with Crippen LogP contribution in [0.5, 0.6) is 0 Å². The summed E-state index contributed by atoms with van der Waals surface area (Å²) in [6, 6.07) is 18.0. The molecule has 0 spiro atoms. The predicted octanol–water partition coefficient (Wildman–Crippen LogP) is 5.84. The fraction of sp³-hybridized carbons (Fsp3) is 0.417. The van der Waals surface area contributed by atoms with Crippen molar-refractivity contribution >= 4 is 23.5 Å². The van der Waals surface area contributed by atoms with E-state index in [0.717, 1.165) is 0 Å². The molecular weight excluding hydrogens is 316 g/mol. The van der Waals surface area contributed by atoms with Crippen LogP contribution in [0.15, 0.2) is 48.5 Å². The molecule has 0 N–H and O–H groups in total. The molecule has 0 amide bonds. The topological polar surface area (TPSA) is 6.48 Å². The van der Waals surface area contributed by atoms with Gasteiger partial charge in [0, 0.05) is 37.6 Å². The molecule has 136 valence electrons. The third-order valence-electron chi connectivity index (χ3n) is 5.70. The highest BCUT2D eigenvalue weighted by atomic mass is 15.1. The van der Waals surface area contributed by atoms with Crippen molar-refractivity contribution in [3.8, 4) is 0 Å². The normalized spacial score (nSPS) is 18.5. The summed E-state index contributed by atoms with van der Waals surface area (Å²) in [5.74, 6) is 0. The van der Waals surface area contributed by atoms with Gasteiger partial charge in [-0.1, -0.05) is 36.4 Å². The van der Waals surface area contributed by atoms with Crippen LogP contribution in [0.2, 0.25) is 0 Å². The van der Waals surface area contributed by atoms with Gasteiger partial charge in [0.1, 0.15) is 0 Å². The van der Waals surface area contributed by atoms with E-state index in [1.165, 1.54) is 87.2 Å². The lowest BCUT2D eigenvalue weighted by atomic mass is 10.1. The molecule has 2 aliphatic rings. The molecule has 0 radical (unpaired) electrons. The van der Waals surface area contributed by atoms with Gasteiger partial charge >= 0.3 is 0 Å². The molecule has 0 saturated carbocycles. The van der Waals surface area contributed by atoms with Crippen LogP contribution in [-0.2, 0) is 0 Å². The summed E-state index contributed by atoms with van der Waals surface area (Å²) in [5, 5.41) is 0. The highest BCUT2D eigenvalue weighted by Crippen LogP contribution is 2.22. The van der Waals surface area contributed by atoms with E-state index in [4.69, 9.17) is 0 Å². The Morgan fingerprint density at radius 3 is 1.15 bits per heavy atom. The third-order valence-corrected chi connectivity index (χ3v) is 5.70. The number of anilines is 2. The fourth-order valence-electron chi connectivity index (χ4n) is 4.09. The van der Waals surface area contributed by atoms with Crippen LogP contribution >= 0.6 is 0 Å². The number of rotatable bonds is 4. The van der Waals surface area contributed by atoms with Gasteiger partial charge < -0.3 is 9.80 Å². The third kappa shape index (κ3) is 4.30. The molecule has 0 aliphatic carbocycles. The minimum atomic E-state index is 1.21. The number of hydrogen-bond acceptors (Lipinski definition) is 2. The summed E-state index contributed by atoms with van der Waals surface area (Å²) in [5.41, 5.74) is 5.28. The second-order valence-corrected chi connectivity index (χ2v) is 7.61. The minimum Gasteiger partial charge on any atom is -0.372 e. The molecule has 0 unspecified atom stereocenters. The molecule has 2 heterocycles. The lowest BCUT2D eigenvalue weighted by Gasteiger charge is -2.28. The van der Waals surface area contributed by atoms with Gasteiger partial charge in [-0.05, 0) is 73.9 Å². The van der Waals surface area contributed by atoms with E-state index in [-0.39, 0.29) is 0 Å². The Kier molecular flexibility index (Phi) is 5.59. The highest BCUT2D eigenvalue weighted by molar-refractivity contribution is 5.71. The number of benzene rings is 2. The average molecular weight is 347 g/mol. The molecule has 0 bridgehead atoms. The largest absolute Gasteiger partial charge is 0.372 e. The van der Waals surface area contributed by atoms with E-state index in [9.17, 15) is 0 Å². The Morgan fingerprint density at radius 2 is 0.808 bits per heavy atom. The van der Waals surface area contributed by atoms with Crippen LogP contribution in [0.4, 0.5) is 11.4 Å². The zero-order chi connectivity index (χ0) is 17.6. The van der Waals surface area contributed by atoms with Crippen LogP contribution in [0.1, 0.15) is 49.7 Å². The molecular formula is C24H30N2. The van der Waals surface area contributed by atoms with Crippen LogP contribution in [0, 0.1) is 0 Å². The van der Waals surface area contributed by atoms with Crippen LogP contribution in [-0.4, -0.2) is 26.2 Å². The van der Waals surface area contributed by atoms with Gasteiger partial charge in [-0.25, -0.2) is 0 Å². The number of hydrogen-bond donors (Lipinski definition) is 0. The van der Waals surface area contributed by atoms with Crippen LogP contribution < -0.4 is 9.80 Å². The lowest BCUT2D eigenvalue weighted by molar-refractivity contribution is 0.578. The second kappa shape index (κ2) is 8.44. The predicted molar refractivity (Wildman–Crippen MR) is 114 cm³/mol. The Labute approximate surface area is 158 Å². The Balaban J connectivity index is 1.37. The smallest absolute Gasteiger partial charge is 0.0366 e. The monoisotopic (exact) mass is 346 g/mol. The first kappa shape index (κ1) is 17.2. The summed E-state index contributed by atoms with van der Waals surface area (Å²) in [6.07, 6.45) is 12.5. The molecule has 2 saturated heterocycles. The zero-order valence-corrected chi connectivity index (χ0v) is 15.7. The van der Waals surface area contributed by atoms with Crippen LogP contribution in [0.25, 0.3) is 12.2 Å². The molecule has 2 aromatic carbocycles. The quantitative estimate of drug-likeness (QED) is 0.642. The van der Waals surface area contributed by atoms with E-state index >= 15 is 0 Å². The summed E-state index contributed by atoms with van der Waals surface area (Å²) in [6.45, 7) is 4.83. The van der Waals surface area contributed by atoms with Crippen molar-refractivity contribution in [3.05, 3.63) is 59.7 Å². The first-order valence-corrected chi connectivity index (χ1v) is 10.3. The fourth-order valence-corrected chi connectivity index (χ4v) is 4.09. The van der Waals surface area contributed by atoms with Crippen molar-refractivity contribution < 1.29 is 0 Å². The van der Waals surface area contributed by atoms with Crippen molar-refractivity contribution in [2.24, 2.45) is 0 Å². The molecule has 2 heteroatoms. The molecule has 2 fully saturated rings. The maximum Gasteiger partial charge on any atom is 0.0366 e.